The molecule has 5 heteroatoms. The highest BCUT2D eigenvalue weighted by atomic mass is 16.4. The summed E-state index contributed by atoms with van der Waals surface area (Å²) in [5, 5.41) is 19.8. The number of aliphatic carboxylic acids is 1. The van der Waals surface area contributed by atoms with Crippen molar-refractivity contribution in [2.24, 2.45) is 11.8 Å². The highest BCUT2D eigenvalue weighted by molar-refractivity contribution is 5.84. The number of carboxylic acids is 1. The fraction of sp³-hybridized carbons (Fsp3) is 0.700. The minimum absolute atomic E-state index is 0.129. The lowest BCUT2D eigenvalue weighted by atomic mass is 10.0. The van der Waals surface area contributed by atoms with Crippen LogP contribution in [0.2, 0.25) is 0 Å². The van der Waals surface area contributed by atoms with E-state index >= 15 is 0 Å². The maximum Gasteiger partial charge on any atom is 0.326 e. The van der Waals surface area contributed by atoms with Gasteiger partial charge in [0.25, 0.3) is 0 Å². The normalized spacial score (nSPS) is 14.1. The largest absolute Gasteiger partial charge is 0.480 e. The van der Waals surface area contributed by atoms with Crippen molar-refractivity contribution >= 4 is 11.9 Å². The lowest BCUT2D eigenvalue weighted by Gasteiger charge is -2.16. The first-order chi connectivity index (χ1) is 6.88. The summed E-state index contributed by atoms with van der Waals surface area (Å²) in [5.74, 6) is -2.07. The molecule has 0 fully saturated rings. The number of hydrogen-bond donors (Lipinski definition) is 2. The number of hydrogen-bond acceptors (Lipinski definition) is 3. The first-order valence-corrected chi connectivity index (χ1v) is 4.81. The number of nitrogens with one attached hydrogen (secondary N) is 1. The minimum Gasteiger partial charge on any atom is -0.480 e. The summed E-state index contributed by atoms with van der Waals surface area (Å²) in [5.41, 5.74) is 0. The maximum atomic E-state index is 11.3. The van der Waals surface area contributed by atoms with E-state index in [2.05, 4.69) is 5.32 Å². The second-order valence-electron chi connectivity index (χ2n) is 3.82. The average Bonchev–Trinajstić information content (AvgIpc) is 2.15. The Bertz CT molecular complexity index is 281. The van der Waals surface area contributed by atoms with E-state index in [-0.39, 0.29) is 18.2 Å². The number of nitrogens with zero attached hydrogens (tertiary/aromatic N) is 1. The van der Waals surface area contributed by atoms with Gasteiger partial charge < -0.3 is 10.4 Å². The lowest BCUT2D eigenvalue weighted by Crippen LogP contribution is -2.43. The van der Waals surface area contributed by atoms with Gasteiger partial charge in [-0.05, 0) is 13.3 Å². The first kappa shape index (κ1) is 13.4. The molecule has 0 radical (unpaired) electrons. The van der Waals surface area contributed by atoms with Gasteiger partial charge in [0.2, 0.25) is 5.91 Å². The van der Waals surface area contributed by atoms with E-state index in [1.165, 1.54) is 0 Å². The Morgan fingerprint density at radius 1 is 1.40 bits per heavy atom. The summed E-state index contributed by atoms with van der Waals surface area (Å²) in [6.07, 6.45) is 0.129. The van der Waals surface area contributed by atoms with Crippen molar-refractivity contribution in [1.82, 2.24) is 5.32 Å². The highest BCUT2D eigenvalue weighted by Crippen LogP contribution is 2.06. The number of carbonyl (C=O) groups is 2. The van der Waals surface area contributed by atoms with Gasteiger partial charge in [0.1, 0.15) is 6.04 Å². The molecule has 0 heterocycles. The Kier molecular flexibility index (Phi) is 5.39. The molecule has 0 aromatic carbocycles. The fourth-order valence-corrected chi connectivity index (χ4v) is 0.966. The molecule has 0 aliphatic carbocycles. The lowest BCUT2D eigenvalue weighted by molar-refractivity contribution is -0.142. The molecule has 0 saturated heterocycles. The molecular weight excluding hydrogens is 196 g/mol. The Morgan fingerprint density at radius 3 is 2.27 bits per heavy atom. The second kappa shape index (κ2) is 6.02. The molecule has 0 rings (SSSR count). The van der Waals surface area contributed by atoms with E-state index in [1.807, 2.05) is 6.07 Å². The van der Waals surface area contributed by atoms with Crippen molar-refractivity contribution in [2.75, 3.05) is 0 Å². The Labute approximate surface area is 89.1 Å². The van der Waals surface area contributed by atoms with Gasteiger partial charge in [-0.3, -0.25) is 4.79 Å². The van der Waals surface area contributed by atoms with Gasteiger partial charge in [0.05, 0.1) is 6.07 Å². The number of rotatable bonds is 5. The summed E-state index contributed by atoms with van der Waals surface area (Å²) in [6, 6.07) is 0.961. The molecular formula is C10H16N2O3. The summed E-state index contributed by atoms with van der Waals surface area (Å²) in [7, 11) is 0. The predicted octanol–water partition coefficient (Wildman–Crippen LogP) is 0.762. The third-order valence-corrected chi connectivity index (χ3v) is 1.95. The summed E-state index contributed by atoms with van der Waals surface area (Å²) in [4.78, 5) is 22.1. The first-order valence-electron chi connectivity index (χ1n) is 4.81. The number of amides is 1. The predicted molar refractivity (Wildman–Crippen MR) is 53.8 cm³/mol. The zero-order valence-electron chi connectivity index (χ0n) is 9.15. The summed E-state index contributed by atoms with van der Waals surface area (Å²) in [6.45, 7) is 4.99. The molecule has 0 unspecified atom stereocenters. The van der Waals surface area contributed by atoms with Crippen LogP contribution in [0.3, 0.4) is 0 Å². The van der Waals surface area contributed by atoms with Crippen molar-refractivity contribution in [3.8, 4) is 6.07 Å². The van der Waals surface area contributed by atoms with Gasteiger partial charge in [0, 0.05) is 11.8 Å². The second-order valence-corrected chi connectivity index (χ2v) is 3.82. The molecule has 1 amide bonds. The number of carboxylic acid groups (broad SMARTS) is 1. The van der Waals surface area contributed by atoms with Crippen molar-refractivity contribution in [3.63, 3.8) is 0 Å². The highest BCUT2D eigenvalue weighted by Gasteiger charge is 2.23. The van der Waals surface area contributed by atoms with Crippen molar-refractivity contribution < 1.29 is 14.7 Å². The van der Waals surface area contributed by atoms with E-state index in [0.717, 1.165) is 0 Å². The van der Waals surface area contributed by atoms with E-state index in [4.69, 9.17) is 10.4 Å². The number of nitriles is 1. The average molecular weight is 212 g/mol. The van der Waals surface area contributed by atoms with Crippen LogP contribution < -0.4 is 5.32 Å². The maximum absolute atomic E-state index is 11.3. The standard InChI is InChI=1S/C10H16N2O3/c1-6(2)9(13)12-8(10(14)15)4-7(3)5-11/h6-8H,4H2,1-3H3,(H,12,13)(H,14,15)/t7-,8+/m0/s1. The molecule has 0 aliphatic rings. The van der Waals surface area contributed by atoms with Crippen molar-refractivity contribution in [3.05, 3.63) is 0 Å². The van der Waals surface area contributed by atoms with Crippen LogP contribution in [0.4, 0.5) is 0 Å². The van der Waals surface area contributed by atoms with E-state index in [1.54, 1.807) is 20.8 Å². The third kappa shape index (κ3) is 5.01. The fourth-order valence-electron chi connectivity index (χ4n) is 0.966. The molecule has 2 N–H and O–H groups in total. The van der Waals surface area contributed by atoms with Gasteiger partial charge in [-0.1, -0.05) is 13.8 Å². The van der Waals surface area contributed by atoms with Gasteiger partial charge in [-0.2, -0.15) is 5.26 Å². The van der Waals surface area contributed by atoms with Crippen LogP contribution >= 0.6 is 0 Å². The minimum atomic E-state index is -1.11. The zero-order valence-corrected chi connectivity index (χ0v) is 9.15. The molecule has 0 spiro atoms. The smallest absolute Gasteiger partial charge is 0.326 e. The van der Waals surface area contributed by atoms with Crippen molar-refractivity contribution in [1.29, 1.82) is 5.26 Å². The third-order valence-electron chi connectivity index (χ3n) is 1.95. The van der Waals surface area contributed by atoms with Crippen LogP contribution in [0.1, 0.15) is 27.2 Å². The molecule has 5 nitrogen and oxygen atoms in total. The number of carbonyl (C=O) groups excluding carboxylic acids is 1. The SMILES string of the molecule is CC(C)C(=O)N[C@H](C[C@H](C)C#N)C(=O)O. The van der Waals surface area contributed by atoms with E-state index in [0.29, 0.717) is 0 Å². The molecule has 2 atom stereocenters. The molecule has 0 aliphatic heterocycles. The summed E-state index contributed by atoms with van der Waals surface area (Å²) >= 11 is 0. The zero-order chi connectivity index (χ0) is 12.0. The molecule has 0 saturated carbocycles. The van der Waals surface area contributed by atoms with Gasteiger partial charge in [-0.25, -0.2) is 4.79 Å². The van der Waals surface area contributed by atoms with E-state index in [9.17, 15) is 9.59 Å². The topological polar surface area (TPSA) is 90.2 Å². The Morgan fingerprint density at radius 2 is 1.93 bits per heavy atom. The van der Waals surface area contributed by atoms with E-state index < -0.39 is 17.9 Å². The molecule has 0 bridgehead atoms. The molecule has 15 heavy (non-hydrogen) atoms. The molecule has 0 aromatic rings. The quantitative estimate of drug-likeness (QED) is 0.704. The Hall–Kier alpha value is -1.57. The molecule has 0 aromatic heterocycles. The van der Waals surface area contributed by atoms with Gasteiger partial charge in [0.15, 0.2) is 0 Å². The Balaban J connectivity index is 4.37. The van der Waals surface area contributed by atoms with Crippen LogP contribution in [0.5, 0.6) is 0 Å². The van der Waals surface area contributed by atoms with Crippen LogP contribution in [-0.4, -0.2) is 23.0 Å². The monoisotopic (exact) mass is 212 g/mol. The molecule has 84 valence electrons. The van der Waals surface area contributed by atoms with Crippen LogP contribution in [0.15, 0.2) is 0 Å². The van der Waals surface area contributed by atoms with Crippen LogP contribution in [-0.2, 0) is 9.59 Å². The summed E-state index contributed by atoms with van der Waals surface area (Å²) < 4.78 is 0. The van der Waals surface area contributed by atoms with Crippen LogP contribution in [0, 0.1) is 23.2 Å². The van der Waals surface area contributed by atoms with Crippen molar-refractivity contribution in [2.45, 2.75) is 33.2 Å². The van der Waals surface area contributed by atoms with Crippen LogP contribution in [0.25, 0.3) is 0 Å². The van der Waals surface area contributed by atoms with Gasteiger partial charge >= 0.3 is 5.97 Å². The van der Waals surface area contributed by atoms with Gasteiger partial charge in [-0.15, -0.1) is 0 Å².